The van der Waals surface area contributed by atoms with E-state index in [4.69, 9.17) is 24.2 Å². The first-order chi connectivity index (χ1) is 30.5. The summed E-state index contributed by atoms with van der Waals surface area (Å²) in [5.41, 5.74) is 5.90. The molecule has 1 saturated carbocycles. The van der Waals surface area contributed by atoms with Crippen molar-refractivity contribution in [3.05, 3.63) is 84.7 Å². The molecule has 0 radical (unpaired) electrons. The van der Waals surface area contributed by atoms with Crippen molar-refractivity contribution in [3.8, 4) is 33.6 Å². The molecule has 2 aromatic heterocycles. The number of benzene rings is 3. The van der Waals surface area contributed by atoms with Crippen molar-refractivity contribution in [2.24, 2.45) is 17.3 Å². The van der Waals surface area contributed by atoms with Crippen LogP contribution in [0.2, 0.25) is 0 Å². The highest BCUT2D eigenvalue weighted by molar-refractivity contribution is 7.99. The van der Waals surface area contributed by atoms with E-state index in [2.05, 4.69) is 81.3 Å². The van der Waals surface area contributed by atoms with E-state index in [1.54, 1.807) is 11.8 Å². The van der Waals surface area contributed by atoms with Gasteiger partial charge in [0.15, 0.2) is 0 Å². The second-order valence-electron chi connectivity index (χ2n) is 17.6. The minimum absolute atomic E-state index is 0.0359. The smallest absolute Gasteiger partial charge is 0.407 e. The lowest BCUT2D eigenvalue weighted by molar-refractivity contribution is -0.136. The zero-order valence-corrected chi connectivity index (χ0v) is 36.8. The molecular weight excluding hydrogens is 821 g/mol. The Morgan fingerprint density at radius 2 is 1.51 bits per heavy atom. The van der Waals surface area contributed by atoms with Gasteiger partial charge in [-0.3, -0.25) is 9.59 Å². The predicted molar refractivity (Wildman–Crippen MR) is 239 cm³/mol. The largest absolute Gasteiger partial charge is 0.453 e. The highest BCUT2D eigenvalue weighted by Gasteiger charge is 2.55. The number of hydrogen-bond acceptors (Lipinski definition) is 10. The summed E-state index contributed by atoms with van der Waals surface area (Å²) in [6.07, 6.45) is 6.88. The standard InChI is InChI=1S/C47H54N8O7S/c1-27(2)38(52-45(58)60-3)42(56)55-26-47(15-16-47)23-37(55)40-48-25-36(50-40)34-12-11-32-21-31(9-10-33(32)22-34)28-5-7-29(8-6-28)35-24-49-41(51-35)44-54(17-20-63-44)43(57)39(53-46(59)61-4)30-13-18-62-19-14-30/h5-12,21-22,24-25,27,30,37-39,44H,13-20,23,26H2,1-4H3,(H,48,50)(H,49,51)(H,52,58)(H,53,59)/t37-,38-,39-,44-/m0/s1. The molecule has 1 aliphatic carbocycles. The molecule has 3 aliphatic heterocycles. The lowest BCUT2D eigenvalue weighted by atomic mass is 9.90. The number of methoxy groups -OCH3 is 2. The molecule has 4 aliphatic rings. The van der Waals surface area contributed by atoms with Crippen molar-refractivity contribution >= 4 is 46.5 Å². The Kier molecular flexibility index (Phi) is 11.9. The summed E-state index contributed by atoms with van der Waals surface area (Å²) in [7, 11) is 2.61. The van der Waals surface area contributed by atoms with E-state index in [0.29, 0.717) is 45.0 Å². The highest BCUT2D eigenvalue weighted by Crippen LogP contribution is 2.58. The fourth-order valence-corrected chi connectivity index (χ4v) is 10.5. The Balaban J connectivity index is 0.875. The van der Waals surface area contributed by atoms with E-state index in [1.807, 2.05) is 36.0 Å². The lowest BCUT2D eigenvalue weighted by Gasteiger charge is -2.33. The third-order valence-corrected chi connectivity index (χ3v) is 14.4. The van der Waals surface area contributed by atoms with Gasteiger partial charge in [0.1, 0.15) is 29.1 Å². The molecule has 5 heterocycles. The molecule has 0 unspecified atom stereocenters. The van der Waals surface area contributed by atoms with Gasteiger partial charge >= 0.3 is 12.2 Å². The maximum atomic E-state index is 14.0. The first-order valence-electron chi connectivity index (χ1n) is 21.8. The van der Waals surface area contributed by atoms with Gasteiger partial charge in [-0.1, -0.05) is 62.4 Å². The molecule has 330 valence electrons. The van der Waals surface area contributed by atoms with Gasteiger partial charge in [-0.15, -0.1) is 11.8 Å². The molecule has 0 bridgehead atoms. The van der Waals surface area contributed by atoms with E-state index < -0.39 is 24.3 Å². The minimum Gasteiger partial charge on any atom is -0.453 e. The Hall–Kier alpha value is -5.87. The third kappa shape index (κ3) is 8.75. The highest BCUT2D eigenvalue weighted by atomic mass is 32.2. The number of fused-ring (bicyclic) bond motifs is 1. The number of carbonyl (C=O) groups is 4. The van der Waals surface area contributed by atoms with Crippen LogP contribution in [0.5, 0.6) is 0 Å². The number of amides is 4. The Morgan fingerprint density at radius 1 is 0.841 bits per heavy atom. The maximum absolute atomic E-state index is 14.0. The fraction of sp³-hybridized carbons (Fsp3) is 0.447. The minimum atomic E-state index is -0.697. The Bertz CT molecular complexity index is 2490. The molecule has 3 saturated heterocycles. The molecule has 15 nitrogen and oxygen atoms in total. The van der Waals surface area contributed by atoms with Gasteiger partial charge in [0.05, 0.1) is 37.8 Å². The molecule has 16 heteroatoms. The van der Waals surface area contributed by atoms with Crippen molar-refractivity contribution < 1.29 is 33.4 Å². The van der Waals surface area contributed by atoms with Crippen LogP contribution in [0, 0.1) is 17.3 Å². The first kappa shape index (κ1) is 42.4. The van der Waals surface area contributed by atoms with Crippen molar-refractivity contribution in [2.45, 2.75) is 69.5 Å². The molecule has 63 heavy (non-hydrogen) atoms. The molecular formula is C47H54N8O7S. The summed E-state index contributed by atoms with van der Waals surface area (Å²) in [4.78, 5) is 72.7. The number of H-pyrrole nitrogens is 2. The number of alkyl carbamates (subject to hydrolysis) is 2. The SMILES string of the molecule is COC(=O)N[C@H](C(=O)N1CC2(CC2)C[C@H]1c1nc(-c2ccc3cc(-c4ccc(-c5cnc([C@@H]6SCCN6C(=O)[C@@H](NC(=O)OC)C6CCOCC6)[nH]5)cc4)ccc3c2)c[nH]1)C(C)C. The van der Waals surface area contributed by atoms with Crippen molar-refractivity contribution in [1.29, 1.82) is 0 Å². The van der Waals surface area contributed by atoms with Crippen LogP contribution in [-0.2, 0) is 23.8 Å². The van der Waals surface area contributed by atoms with E-state index in [0.717, 1.165) is 75.3 Å². The third-order valence-electron chi connectivity index (χ3n) is 13.2. The van der Waals surface area contributed by atoms with Crippen LogP contribution in [0.1, 0.15) is 69.0 Å². The molecule has 4 fully saturated rings. The summed E-state index contributed by atoms with van der Waals surface area (Å²) >= 11 is 1.65. The number of nitrogens with one attached hydrogen (secondary N) is 4. The van der Waals surface area contributed by atoms with Gasteiger partial charge in [-0.2, -0.15) is 0 Å². The number of carbonyl (C=O) groups excluding carboxylic acids is 4. The fourth-order valence-electron chi connectivity index (χ4n) is 9.36. The number of likely N-dealkylation sites (tertiary alicyclic amines) is 1. The number of aromatic amines is 2. The molecule has 1 spiro atoms. The average molecular weight is 875 g/mol. The van der Waals surface area contributed by atoms with Crippen molar-refractivity contribution in [3.63, 3.8) is 0 Å². The number of thioether (sulfide) groups is 1. The van der Waals surface area contributed by atoms with E-state index in [-0.39, 0.29) is 40.5 Å². The summed E-state index contributed by atoms with van der Waals surface area (Å²) in [6.45, 7) is 6.17. The molecule has 3 aromatic carbocycles. The van der Waals surface area contributed by atoms with Gasteiger partial charge in [-0.25, -0.2) is 19.6 Å². The van der Waals surface area contributed by atoms with E-state index in [9.17, 15) is 19.2 Å². The summed E-state index contributed by atoms with van der Waals surface area (Å²) < 4.78 is 15.2. The zero-order valence-electron chi connectivity index (χ0n) is 36.0. The van der Waals surface area contributed by atoms with Crippen LogP contribution >= 0.6 is 11.8 Å². The quantitative estimate of drug-likeness (QED) is 0.104. The Labute approximate surface area is 370 Å². The van der Waals surface area contributed by atoms with Gasteiger partial charge in [0.2, 0.25) is 11.8 Å². The number of rotatable bonds is 11. The zero-order chi connectivity index (χ0) is 43.8. The van der Waals surface area contributed by atoms with Gasteiger partial charge in [0, 0.05) is 43.8 Å². The lowest BCUT2D eigenvalue weighted by Crippen LogP contribution is -2.53. The van der Waals surface area contributed by atoms with E-state index in [1.165, 1.54) is 14.2 Å². The number of hydrogen-bond donors (Lipinski definition) is 4. The van der Waals surface area contributed by atoms with Crippen LogP contribution in [-0.4, -0.2) is 112 Å². The molecule has 4 amide bonds. The topological polar surface area (TPSA) is 184 Å². The summed E-state index contributed by atoms with van der Waals surface area (Å²) in [5, 5.41) is 7.45. The number of ether oxygens (including phenoxy) is 3. The second kappa shape index (κ2) is 17.7. The normalized spacial score (nSPS) is 20.5. The average Bonchev–Trinajstić information content (AvgIpc) is 3.85. The van der Waals surface area contributed by atoms with Crippen LogP contribution in [0.4, 0.5) is 9.59 Å². The van der Waals surface area contributed by atoms with Gasteiger partial charge in [0.25, 0.3) is 0 Å². The predicted octanol–water partition coefficient (Wildman–Crippen LogP) is 7.45. The summed E-state index contributed by atoms with van der Waals surface area (Å²) in [6, 6.07) is 19.5. The summed E-state index contributed by atoms with van der Waals surface area (Å²) in [5.74, 6) is 1.83. The maximum Gasteiger partial charge on any atom is 0.407 e. The van der Waals surface area contributed by atoms with Gasteiger partial charge in [-0.05, 0) is 89.0 Å². The number of aromatic nitrogens is 4. The second-order valence-corrected chi connectivity index (χ2v) is 18.8. The monoisotopic (exact) mass is 874 g/mol. The Morgan fingerprint density at radius 3 is 2.21 bits per heavy atom. The van der Waals surface area contributed by atoms with Crippen LogP contribution < -0.4 is 10.6 Å². The van der Waals surface area contributed by atoms with Crippen LogP contribution in [0.25, 0.3) is 44.4 Å². The van der Waals surface area contributed by atoms with E-state index >= 15 is 0 Å². The molecule has 9 rings (SSSR count). The number of nitrogens with zero attached hydrogens (tertiary/aromatic N) is 4. The van der Waals surface area contributed by atoms with Crippen molar-refractivity contribution in [1.82, 2.24) is 40.4 Å². The van der Waals surface area contributed by atoms with Crippen molar-refractivity contribution in [2.75, 3.05) is 46.3 Å². The van der Waals surface area contributed by atoms with Crippen LogP contribution in [0.3, 0.4) is 0 Å². The van der Waals surface area contributed by atoms with Crippen LogP contribution in [0.15, 0.2) is 73.1 Å². The first-order valence-corrected chi connectivity index (χ1v) is 22.8. The molecule has 4 N–H and O–H groups in total. The molecule has 4 atom stereocenters. The number of imidazole rings is 2. The molecule has 5 aromatic rings. The van der Waals surface area contributed by atoms with Gasteiger partial charge < -0.3 is 44.6 Å².